The zero-order chi connectivity index (χ0) is 26.6. The van der Waals surface area contributed by atoms with Gasteiger partial charge in [0.25, 0.3) is 0 Å². The largest absolute Gasteiger partial charge is 0.467 e. The number of furan rings is 1. The van der Waals surface area contributed by atoms with Crippen LogP contribution < -0.4 is 5.32 Å². The van der Waals surface area contributed by atoms with Gasteiger partial charge in [0, 0.05) is 5.54 Å². The van der Waals surface area contributed by atoms with Crippen molar-refractivity contribution in [3.05, 3.63) is 83.8 Å². The lowest BCUT2D eigenvalue weighted by molar-refractivity contribution is -0.143. The molecule has 2 aromatic heterocycles. The molecule has 0 spiro atoms. The average molecular weight is 502 g/mol. The minimum absolute atomic E-state index is 0.0632. The molecule has 194 valence electrons. The zero-order valence-corrected chi connectivity index (χ0v) is 22.1. The third kappa shape index (κ3) is 6.07. The third-order valence-electron chi connectivity index (χ3n) is 6.76. The van der Waals surface area contributed by atoms with Crippen LogP contribution in [-0.2, 0) is 22.7 Å². The fraction of sp³-hybridized carbons (Fsp3) is 0.379. The predicted molar refractivity (Wildman–Crippen MR) is 143 cm³/mol. The highest BCUT2D eigenvalue weighted by atomic mass is 16.3. The van der Waals surface area contributed by atoms with E-state index in [0.717, 1.165) is 23.1 Å². The van der Waals surface area contributed by atoms with Gasteiger partial charge in [0.1, 0.15) is 23.9 Å². The van der Waals surface area contributed by atoms with Crippen molar-refractivity contribution in [2.24, 2.45) is 0 Å². The molecule has 8 heteroatoms. The van der Waals surface area contributed by atoms with Crippen LogP contribution in [0.4, 0.5) is 0 Å². The highest BCUT2D eigenvalue weighted by molar-refractivity contribution is 5.89. The van der Waals surface area contributed by atoms with Gasteiger partial charge in [0.15, 0.2) is 0 Å². The van der Waals surface area contributed by atoms with E-state index in [1.807, 2.05) is 69.3 Å². The Labute approximate surface area is 217 Å². The summed E-state index contributed by atoms with van der Waals surface area (Å²) in [5.74, 6) is 0.423. The molecule has 37 heavy (non-hydrogen) atoms. The monoisotopic (exact) mass is 501 g/mol. The van der Waals surface area contributed by atoms with Crippen molar-refractivity contribution in [3.63, 3.8) is 0 Å². The number of hydrogen-bond donors (Lipinski definition) is 1. The number of benzene rings is 2. The van der Waals surface area contributed by atoms with E-state index in [2.05, 4.69) is 29.5 Å². The Morgan fingerprint density at radius 3 is 2.38 bits per heavy atom. The maximum atomic E-state index is 13.9. The lowest BCUT2D eigenvalue weighted by Crippen LogP contribution is -2.50. The fourth-order valence-corrected chi connectivity index (χ4v) is 4.17. The van der Waals surface area contributed by atoms with Gasteiger partial charge in [-0.2, -0.15) is 0 Å². The first-order chi connectivity index (χ1) is 17.7. The number of nitrogens with one attached hydrogen (secondary N) is 1. The molecule has 4 aromatic rings. The van der Waals surface area contributed by atoms with E-state index < -0.39 is 11.6 Å². The van der Waals surface area contributed by atoms with Crippen LogP contribution in [0.2, 0.25) is 0 Å². The first-order valence-corrected chi connectivity index (χ1v) is 12.7. The summed E-state index contributed by atoms with van der Waals surface area (Å²) in [7, 11) is 0. The Morgan fingerprint density at radius 1 is 1.03 bits per heavy atom. The van der Waals surface area contributed by atoms with Crippen molar-refractivity contribution in [1.29, 1.82) is 0 Å². The van der Waals surface area contributed by atoms with Gasteiger partial charge in [-0.1, -0.05) is 62.4 Å². The van der Waals surface area contributed by atoms with Gasteiger partial charge in [0.2, 0.25) is 11.8 Å². The molecule has 0 bridgehead atoms. The normalized spacial score (nSPS) is 12.6. The van der Waals surface area contributed by atoms with E-state index in [1.54, 1.807) is 28.0 Å². The van der Waals surface area contributed by atoms with E-state index in [0.29, 0.717) is 17.2 Å². The molecule has 0 saturated carbocycles. The van der Waals surface area contributed by atoms with E-state index >= 15 is 0 Å². The molecule has 1 N–H and O–H groups in total. The summed E-state index contributed by atoms with van der Waals surface area (Å²) in [6.07, 6.45) is 2.31. The number of amides is 2. The van der Waals surface area contributed by atoms with Crippen LogP contribution in [-0.4, -0.2) is 37.2 Å². The molecule has 2 heterocycles. The van der Waals surface area contributed by atoms with Crippen molar-refractivity contribution in [3.8, 4) is 0 Å². The first kappa shape index (κ1) is 26.1. The van der Waals surface area contributed by atoms with Crippen LogP contribution in [0.5, 0.6) is 0 Å². The standard InChI is InChI=1S/C29H35N5O3/c1-6-29(4,5)30-28(36)27(22-15-13-21(14-16-22)20(2)3)33(18-23-10-9-17-37-23)26(35)19-34-25-12-8-7-11-24(25)31-32-34/h7-17,20,27H,6,18-19H2,1-5H3,(H,30,36)/t27-/m1/s1. The van der Waals surface area contributed by atoms with Gasteiger partial charge in [0.05, 0.1) is 18.3 Å². The predicted octanol–water partition coefficient (Wildman–Crippen LogP) is 5.22. The van der Waals surface area contributed by atoms with Gasteiger partial charge in [-0.25, -0.2) is 4.68 Å². The SMILES string of the molecule is CCC(C)(C)NC(=O)[C@@H](c1ccc(C(C)C)cc1)N(Cc1ccco1)C(=O)Cn1nnc2ccccc21. The maximum Gasteiger partial charge on any atom is 0.247 e. The van der Waals surface area contributed by atoms with Crippen LogP contribution in [0.25, 0.3) is 11.0 Å². The highest BCUT2D eigenvalue weighted by Gasteiger charge is 2.35. The lowest BCUT2D eigenvalue weighted by Gasteiger charge is -2.34. The molecule has 0 aliphatic heterocycles. The van der Waals surface area contributed by atoms with Crippen molar-refractivity contribution >= 4 is 22.8 Å². The molecule has 0 aliphatic rings. The van der Waals surface area contributed by atoms with Gasteiger partial charge < -0.3 is 14.6 Å². The molecule has 0 fully saturated rings. The number of nitrogens with zero attached hydrogens (tertiary/aromatic N) is 4. The molecule has 2 amide bonds. The molecular weight excluding hydrogens is 466 g/mol. The minimum atomic E-state index is -0.862. The molecular formula is C29H35N5O3. The van der Waals surface area contributed by atoms with Crippen LogP contribution >= 0.6 is 0 Å². The Morgan fingerprint density at radius 2 is 1.73 bits per heavy atom. The minimum Gasteiger partial charge on any atom is -0.467 e. The second-order valence-electron chi connectivity index (χ2n) is 10.3. The number of para-hydroxylation sites is 1. The van der Waals surface area contributed by atoms with Crippen LogP contribution in [0.3, 0.4) is 0 Å². The maximum absolute atomic E-state index is 13.9. The van der Waals surface area contributed by atoms with E-state index in [1.165, 1.54) is 0 Å². The smallest absolute Gasteiger partial charge is 0.247 e. The quantitative estimate of drug-likeness (QED) is 0.321. The van der Waals surface area contributed by atoms with Crippen molar-refractivity contribution in [1.82, 2.24) is 25.2 Å². The van der Waals surface area contributed by atoms with Crippen molar-refractivity contribution in [2.45, 2.75) is 71.6 Å². The number of fused-ring (bicyclic) bond motifs is 1. The Balaban J connectivity index is 1.75. The second kappa shape index (κ2) is 11.0. The van der Waals surface area contributed by atoms with Crippen LogP contribution in [0.1, 0.15) is 69.9 Å². The summed E-state index contributed by atoms with van der Waals surface area (Å²) in [5, 5.41) is 11.5. The Hall–Kier alpha value is -3.94. The number of carbonyl (C=O) groups is 2. The summed E-state index contributed by atoms with van der Waals surface area (Å²) in [6.45, 7) is 10.3. The Kier molecular flexibility index (Phi) is 7.76. The van der Waals surface area contributed by atoms with Gasteiger partial charge in [-0.15, -0.1) is 5.10 Å². The molecule has 0 aliphatic carbocycles. The summed E-state index contributed by atoms with van der Waals surface area (Å²) < 4.78 is 7.17. The molecule has 8 nitrogen and oxygen atoms in total. The summed E-state index contributed by atoms with van der Waals surface area (Å²) in [4.78, 5) is 29.4. The van der Waals surface area contributed by atoms with Crippen molar-refractivity contribution in [2.75, 3.05) is 0 Å². The summed E-state index contributed by atoms with van der Waals surface area (Å²) in [6, 6.07) is 18.1. The number of carbonyl (C=O) groups excluding carboxylic acids is 2. The van der Waals surface area contributed by atoms with Crippen LogP contribution in [0.15, 0.2) is 71.3 Å². The molecule has 1 atom stereocenters. The van der Waals surface area contributed by atoms with Gasteiger partial charge >= 0.3 is 0 Å². The van der Waals surface area contributed by atoms with Crippen molar-refractivity contribution < 1.29 is 14.0 Å². The number of rotatable bonds is 10. The second-order valence-corrected chi connectivity index (χ2v) is 10.3. The topological polar surface area (TPSA) is 93.3 Å². The lowest BCUT2D eigenvalue weighted by atomic mass is 9.96. The summed E-state index contributed by atoms with van der Waals surface area (Å²) in [5.41, 5.74) is 2.92. The highest BCUT2D eigenvalue weighted by Crippen LogP contribution is 2.28. The zero-order valence-electron chi connectivity index (χ0n) is 22.1. The van der Waals surface area contributed by atoms with E-state index in [4.69, 9.17) is 4.42 Å². The fourth-order valence-electron chi connectivity index (χ4n) is 4.17. The van der Waals surface area contributed by atoms with E-state index in [-0.39, 0.29) is 24.9 Å². The molecule has 2 aromatic carbocycles. The first-order valence-electron chi connectivity index (χ1n) is 12.7. The Bertz CT molecular complexity index is 1340. The van der Waals surface area contributed by atoms with E-state index in [9.17, 15) is 9.59 Å². The van der Waals surface area contributed by atoms with Crippen LogP contribution in [0, 0.1) is 0 Å². The molecule has 0 saturated heterocycles. The van der Waals surface area contributed by atoms with Gasteiger partial charge in [-0.05, 0) is 61.6 Å². The third-order valence-corrected chi connectivity index (χ3v) is 6.76. The number of aromatic nitrogens is 3. The summed E-state index contributed by atoms with van der Waals surface area (Å²) >= 11 is 0. The molecule has 4 rings (SSSR count). The number of hydrogen-bond acceptors (Lipinski definition) is 5. The molecule has 0 unspecified atom stereocenters. The van der Waals surface area contributed by atoms with Gasteiger partial charge in [-0.3, -0.25) is 9.59 Å². The molecule has 0 radical (unpaired) electrons. The average Bonchev–Trinajstić information content (AvgIpc) is 3.54.